The van der Waals surface area contributed by atoms with Gasteiger partial charge in [0.15, 0.2) is 0 Å². The summed E-state index contributed by atoms with van der Waals surface area (Å²) in [4.78, 5) is 26.1. The molecular formula is C37H30MnN7SbSe4-4. The van der Waals surface area contributed by atoms with Crippen molar-refractivity contribution in [2.75, 3.05) is 7.05 Å². The van der Waals surface area contributed by atoms with Gasteiger partial charge in [-0.2, -0.15) is 0 Å². The first-order valence-electron chi connectivity index (χ1n) is 14.3. The first-order chi connectivity index (χ1) is 21.8. The van der Waals surface area contributed by atoms with Crippen molar-refractivity contribution in [3.05, 3.63) is 146 Å². The van der Waals surface area contributed by atoms with E-state index in [-0.39, 0.29) is 110 Å². The van der Waals surface area contributed by atoms with Gasteiger partial charge in [0, 0.05) is 86.6 Å². The largest absolute Gasteiger partial charge is 3.00 e. The number of benzene rings is 3. The Bertz CT molecular complexity index is 1940. The van der Waals surface area contributed by atoms with E-state index >= 15 is 0 Å². The molecule has 9 rings (SSSR count). The van der Waals surface area contributed by atoms with Gasteiger partial charge in [-0.15, -0.1) is 0 Å². The maximum absolute atomic E-state index is 4.35. The monoisotopic (exact) mass is 1070 g/mol. The maximum Gasteiger partial charge on any atom is 3.00 e. The summed E-state index contributed by atoms with van der Waals surface area (Å²) >= 11 is 0. The molecule has 3 aromatic carbocycles. The molecule has 0 aliphatic carbocycles. The predicted molar refractivity (Wildman–Crippen MR) is 209 cm³/mol. The molecule has 0 saturated heterocycles. The molecule has 6 heterocycles. The average molecular weight is 1070 g/mol. The number of hydrogen-bond acceptors (Lipinski definition) is 6. The summed E-state index contributed by atoms with van der Waals surface area (Å²) in [6.45, 7) is 0. The minimum atomic E-state index is 0. The molecule has 13 heteroatoms. The van der Waals surface area contributed by atoms with Crippen molar-refractivity contribution in [2.24, 2.45) is 0 Å². The van der Waals surface area contributed by atoms with Crippen molar-refractivity contribution >= 4 is 158 Å². The molecule has 0 bridgehead atoms. The van der Waals surface area contributed by atoms with E-state index in [4.69, 9.17) is 0 Å². The second-order valence-corrected chi connectivity index (χ2v) is 9.65. The Morgan fingerprint density at radius 3 is 0.580 bits per heavy atom. The quantitative estimate of drug-likeness (QED) is 0.164. The van der Waals surface area contributed by atoms with Crippen molar-refractivity contribution in [1.29, 1.82) is 0 Å². The van der Waals surface area contributed by atoms with Crippen LogP contribution in [0.2, 0.25) is 0 Å². The number of rotatable bonds is 0. The molecule has 0 amide bonds. The first kappa shape index (κ1) is 47.5. The van der Waals surface area contributed by atoms with Crippen LogP contribution in [0.1, 0.15) is 0 Å². The molecule has 3 radical (unpaired) electrons. The number of quaternary nitrogens is 1. The van der Waals surface area contributed by atoms with Crippen molar-refractivity contribution < 1.29 is 22.8 Å². The molecule has 0 saturated carbocycles. The fourth-order valence-electron chi connectivity index (χ4n) is 5.04. The molecule has 3 N–H and O–H groups in total. The van der Waals surface area contributed by atoms with E-state index in [1.54, 1.807) is 44.2 Å². The Labute approximate surface area is 360 Å². The Morgan fingerprint density at radius 2 is 0.440 bits per heavy atom. The van der Waals surface area contributed by atoms with E-state index in [2.05, 4.69) is 108 Å². The van der Waals surface area contributed by atoms with Crippen LogP contribution >= 0.6 is 0 Å². The second kappa shape index (κ2) is 23.9. The van der Waals surface area contributed by atoms with Crippen molar-refractivity contribution in [2.45, 2.75) is 0 Å². The number of nitrogens with zero attached hydrogens (tertiary/aromatic N) is 6. The van der Waals surface area contributed by atoms with E-state index < -0.39 is 0 Å². The molecule has 7 nitrogen and oxygen atoms in total. The number of hydrogen-bond donors (Lipinski definition) is 1. The third-order valence-electron chi connectivity index (χ3n) is 7.03. The van der Waals surface area contributed by atoms with Gasteiger partial charge in [-0.25, -0.2) is 0 Å². The number of aromatic nitrogens is 6. The summed E-state index contributed by atoms with van der Waals surface area (Å²) in [5.41, 5.74) is 9.11. The zero-order valence-corrected chi connectivity index (χ0v) is 37.3. The summed E-state index contributed by atoms with van der Waals surface area (Å²) in [6.07, 6.45) is 10.8. The molecule has 0 atom stereocenters. The minimum absolute atomic E-state index is 0. The van der Waals surface area contributed by atoms with Crippen LogP contribution in [0.4, 0.5) is 0 Å². The van der Waals surface area contributed by atoms with Crippen LogP contribution in [0.15, 0.2) is 146 Å². The zero-order chi connectivity index (χ0) is 30.1. The van der Waals surface area contributed by atoms with Gasteiger partial charge in [0.1, 0.15) is 0 Å². The summed E-state index contributed by atoms with van der Waals surface area (Å²) < 4.78 is 0. The van der Waals surface area contributed by atoms with Crippen LogP contribution in [0.25, 0.3) is 65.4 Å². The van der Waals surface area contributed by atoms with Crippen molar-refractivity contribution in [3.8, 4) is 0 Å². The molecule has 0 aliphatic rings. The average Bonchev–Trinajstić information content (AvgIpc) is 3.13. The van der Waals surface area contributed by atoms with E-state index in [1.807, 2.05) is 36.4 Å². The van der Waals surface area contributed by atoms with E-state index in [0.29, 0.717) is 0 Å². The van der Waals surface area contributed by atoms with Gasteiger partial charge in [0.2, 0.25) is 0 Å². The van der Waals surface area contributed by atoms with Gasteiger partial charge in [-0.3, -0.25) is 29.9 Å². The zero-order valence-electron chi connectivity index (χ0n) is 26.7. The van der Waals surface area contributed by atoms with Crippen LogP contribution in [0.5, 0.6) is 0 Å². The molecule has 0 aliphatic heterocycles. The Kier molecular flexibility index (Phi) is 22.7. The summed E-state index contributed by atoms with van der Waals surface area (Å²) in [6, 6.07) is 36.4. The fourth-order valence-corrected chi connectivity index (χ4v) is 5.04. The van der Waals surface area contributed by atoms with Crippen LogP contribution < -0.4 is 5.73 Å². The van der Waals surface area contributed by atoms with Crippen molar-refractivity contribution in [3.63, 3.8) is 0 Å². The van der Waals surface area contributed by atoms with Crippen LogP contribution in [0.3, 0.4) is 0 Å². The third-order valence-corrected chi connectivity index (χ3v) is 7.03. The fraction of sp³-hybridized carbons (Fsp3) is 0.0270. The van der Waals surface area contributed by atoms with Gasteiger partial charge in [-0.05, 0) is 36.4 Å². The SMILES string of the molecule is C[NH3+].[Mn].[Sb+3].[Se-2].[Se-2].[Se-2].[Se-2].c1cnc2c(c1)ccc1cccnc12.c1cnc2c(c1)ccc1cccnc12.c1cnc2c(c1)ccc1cccnc12. The van der Waals surface area contributed by atoms with E-state index in [1.165, 1.54) is 0 Å². The van der Waals surface area contributed by atoms with Crippen LogP contribution in [-0.2, 0) is 17.1 Å². The predicted octanol–water partition coefficient (Wildman–Crippen LogP) is 5.30. The summed E-state index contributed by atoms with van der Waals surface area (Å²) in [7, 11) is 1.75. The standard InChI is InChI=1S/3C12H8N2.CH5N.Mn.Sb.4Se/c3*1-3-9-5-6-10-4-2-8-14-12(10)11(9)13-7-1;1-2;;;;;;/h3*1-8H;2H2,1H3;;;;;;/q;;;;;+3;4*-2/p+1. The molecular weight excluding hydrogens is 1030 g/mol. The number of pyridine rings is 6. The maximum atomic E-state index is 4.35. The summed E-state index contributed by atoms with van der Waals surface area (Å²) in [5.74, 6) is 0. The number of fused-ring (bicyclic) bond motifs is 9. The molecule has 0 unspecified atom stereocenters. The van der Waals surface area contributed by atoms with Crippen molar-refractivity contribution in [1.82, 2.24) is 29.9 Å². The van der Waals surface area contributed by atoms with Gasteiger partial charge in [-0.1, -0.05) is 72.8 Å². The van der Waals surface area contributed by atoms with Gasteiger partial charge in [0.05, 0.1) is 40.1 Å². The van der Waals surface area contributed by atoms with Gasteiger partial charge in [0.25, 0.3) is 0 Å². The minimum Gasteiger partial charge on any atom is -2.00 e. The second-order valence-electron chi connectivity index (χ2n) is 9.65. The Balaban J connectivity index is 0.000000664. The molecule has 6 aromatic heterocycles. The van der Waals surface area contributed by atoms with E-state index in [9.17, 15) is 0 Å². The topological polar surface area (TPSA) is 105 Å². The first-order valence-corrected chi connectivity index (χ1v) is 14.3. The Hall–Kier alpha value is -2.50. The van der Waals surface area contributed by atoms with Gasteiger partial charge < -0.3 is 74.0 Å². The smallest absolute Gasteiger partial charge is 2.00 e. The molecule has 0 spiro atoms. The van der Waals surface area contributed by atoms with E-state index in [0.717, 1.165) is 65.4 Å². The normalized spacial score (nSPS) is 9.24. The van der Waals surface area contributed by atoms with Crippen LogP contribution in [0, 0.1) is 0 Å². The van der Waals surface area contributed by atoms with Gasteiger partial charge >= 0.3 is 24.4 Å². The third kappa shape index (κ3) is 11.0. The molecule has 9 aromatic rings. The Morgan fingerprint density at radius 1 is 0.300 bits per heavy atom. The molecule has 0 fully saturated rings. The summed E-state index contributed by atoms with van der Waals surface area (Å²) in [5, 5.41) is 6.83. The molecule has 253 valence electrons. The molecule has 50 heavy (non-hydrogen) atoms. The van der Waals surface area contributed by atoms with Crippen LogP contribution in [-0.4, -0.2) is 130 Å².